The molecule has 0 spiro atoms. The van der Waals surface area contributed by atoms with Gasteiger partial charge < -0.3 is 19.7 Å². The van der Waals surface area contributed by atoms with Crippen LogP contribution in [0.4, 0.5) is 0 Å². The van der Waals surface area contributed by atoms with E-state index in [1.807, 2.05) is 30.4 Å². The van der Waals surface area contributed by atoms with Crippen LogP contribution in [0.3, 0.4) is 0 Å². The monoisotopic (exact) mass is 322 g/mol. The van der Waals surface area contributed by atoms with Crippen molar-refractivity contribution >= 4 is 5.91 Å². The van der Waals surface area contributed by atoms with Crippen LogP contribution in [0.25, 0.3) is 0 Å². The Kier molecular flexibility index (Phi) is 4.99. The molecule has 7 heteroatoms. The molecule has 3 rings (SSSR count). The average molecular weight is 322 g/mol. The van der Waals surface area contributed by atoms with Crippen molar-refractivity contribution in [2.45, 2.75) is 45.6 Å². The normalized spacial score (nSPS) is 28.8. The highest BCUT2D eigenvalue weighted by molar-refractivity contribution is 5.82. The molecule has 2 saturated heterocycles. The lowest BCUT2D eigenvalue weighted by Gasteiger charge is -2.38. The molecule has 1 amide bonds. The van der Waals surface area contributed by atoms with Crippen LogP contribution in [-0.2, 0) is 20.8 Å². The Morgan fingerprint density at radius 2 is 2.22 bits per heavy atom. The predicted molar refractivity (Wildman–Crippen MR) is 85.2 cm³/mol. The minimum absolute atomic E-state index is 0.0227. The van der Waals surface area contributed by atoms with E-state index < -0.39 is 0 Å². The van der Waals surface area contributed by atoms with Gasteiger partial charge in [0.05, 0.1) is 37.7 Å². The summed E-state index contributed by atoms with van der Waals surface area (Å²) in [6, 6.07) is 1.80. The van der Waals surface area contributed by atoms with Crippen molar-refractivity contribution in [2.75, 3.05) is 32.8 Å². The minimum Gasteiger partial charge on any atom is -0.375 e. The summed E-state index contributed by atoms with van der Waals surface area (Å²) in [5, 5.41) is 7.75. The lowest BCUT2D eigenvalue weighted by molar-refractivity contribution is -0.147. The van der Waals surface area contributed by atoms with E-state index in [0.29, 0.717) is 32.8 Å². The number of hydrogen-bond donors (Lipinski definition) is 1. The van der Waals surface area contributed by atoms with Crippen LogP contribution >= 0.6 is 0 Å². The van der Waals surface area contributed by atoms with Crippen LogP contribution < -0.4 is 5.32 Å². The van der Waals surface area contributed by atoms with Crippen LogP contribution in [0.1, 0.15) is 18.3 Å². The van der Waals surface area contributed by atoms with E-state index >= 15 is 0 Å². The van der Waals surface area contributed by atoms with Crippen LogP contribution in [0, 0.1) is 13.8 Å². The number of carbonyl (C=O) groups is 1. The van der Waals surface area contributed by atoms with E-state index in [0.717, 1.165) is 17.9 Å². The Hall–Kier alpha value is -1.44. The van der Waals surface area contributed by atoms with Crippen molar-refractivity contribution in [3.8, 4) is 0 Å². The molecule has 2 aliphatic heterocycles. The molecule has 0 bridgehead atoms. The summed E-state index contributed by atoms with van der Waals surface area (Å²) in [5.41, 5.74) is 2.12. The van der Waals surface area contributed by atoms with Gasteiger partial charge in [-0.1, -0.05) is 0 Å². The maximum atomic E-state index is 12.7. The Bertz CT molecular complexity index is 560. The lowest BCUT2D eigenvalue weighted by Crippen LogP contribution is -2.59. The summed E-state index contributed by atoms with van der Waals surface area (Å²) in [7, 11) is 0. The summed E-state index contributed by atoms with van der Waals surface area (Å²) in [6.45, 7) is 9.83. The van der Waals surface area contributed by atoms with Crippen LogP contribution in [0.2, 0.25) is 0 Å². The highest BCUT2D eigenvalue weighted by Gasteiger charge is 2.34. The van der Waals surface area contributed by atoms with Crippen LogP contribution in [0.5, 0.6) is 0 Å². The fourth-order valence-electron chi connectivity index (χ4n) is 3.29. The van der Waals surface area contributed by atoms with Gasteiger partial charge in [0.2, 0.25) is 5.91 Å². The first-order chi connectivity index (χ1) is 11.0. The van der Waals surface area contributed by atoms with Gasteiger partial charge in [-0.2, -0.15) is 5.10 Å². The maximum Gasteiger partial charge on any atom is 0.242 e. The van der Waals surface area contributed by atoms with Crippen molar-refractivity contribution in [1.82, 2.24) is 20.0 Å². The molecule has 2 fully saturated rings. The minimum atomic E-state index is -0.254. The Morgan fingerprint density at radius 3 is 2.91 bits per heavy atom. The second-order valence-corrected chi connectivity index (χ2v) is 6.39. The fourth-order valence-corrected chi connectivity index (χ4v) is 3.29. The number of morpholine rings is 2. The second-order valence-electron chi connectivity index (χ2n) is 6.39. The average Bonchev–Trinajstić information content (AvgIpc) is 2.85. The third-order valence-electron chi connectivity index (χ3n) is 4.51. The van der Waals surface area contributed by atoms with Crippen molar-refractivity contribution in [2.24, 2.45) is 0 Å². The first kappa shape index (κ1) is 16.4. The Balaban J connectivity index is 1.61. The molecule has 0 aliphatic carbocycles. The van der Waals surface area contributed by atoms with Gasteiger partial charge in [-0.25, -0.2) is 0 Å². The molecule has 128 valence electrons. The van der Waals surface area contributed by atoms with Gasteiger partial charge in [0.15, 0.2) is 0 Å². The van der Waals surface area contributed by atoms with E-state index in [4.69, 9.17) is 9.47 Å². The number of hydrogen-bond acceptors (Lipinski definition) is 5. The number of ether oxygens (including phenoxy) is 2. The van der Waals surface area contributed by atoms with E-state index in [1.54, 1.807) is 0 Å². The molecular weight excluding hydrogens is 296 g/mol. The van der Waals surface area contributed by atoms with E-state index in [2.05, 4.69) is 16.5 Å². The Morgan fingerprint density at radius 1 is 1.39 bits per heavy atom. The Labute approximate surface area is 136 Å². The van der Waals surface area contributed by atoms with Gasteiger partial charge >= 0.3 is 0 Å². The van der Waals surface area contributed by atoms with Crippen molar-refractivity contribution in [3.63, 3.8) is 0 Å². The highest BCUT2D eigenvalue weighted by atomic mass is 16.5. The quantitative estimate of drug-likeness (QED) is 0.855. The van der Waals surface area contributed by atoms with Crippen molar-refractivity contribution in [1.29, 1.82) is 0 Å². The van der Waals surface area contributed by atoms with Crippen molar-refractivity contribution < 1.29 is 14.3 Å². The lowest BCUT2D eigenvalue weighted by atomic mass is 10.1. The zero-order valence-electron chi connectivity index (χ0n) is 14.1. The molecule has 2 aliphatic rings. The van der Waals surface area contributed by atoms with Gasteiger partial charge in [0, 0.05) is 25.3 Å². The number of rotatable bonds is 3. The van der Waals surface area contributed by atoms with Crippen LogP contribution in [-0.4, -0.2) is 71.7 Å². The number of aromatic nitrogens is 2. The zero-order chi connectivity index (χ0) is 16.4. The maximum absolute atomic E-state index is 12.7. The van der Waals surface area contributed by atoms with E-state index in [1.165, 1.54) is 0 Å². The molecule has 3 atom stereocenters. The van der Waals surface area contributed by atoms with Gasteiger partial charge in [-0.05, 0) is 26.8 Å². The first-order valence-electron chi connectivity index (χ1n) is 8.31. The standard InChI is InChI=1S/C16H26N4O3/c1-11-8-12(2)20(18-11)10-14-9-19(5-7-23-14)16(21)15-13(3)22-6-4-17-15/h8,13-15,17H,4-7,9-10H2,1-3H3/t13-,14?,15+/m1/s1. The summed E-state index contributed by atoms with van der Waals surface area (Å²) in [4.78, 5) is 14.6. The largest absolute Gasteiger partial charge is 0.375 e. The summed E-state index contributed by atoms with van der Waals surface area (Å²) in [6.07, 6.45) is -0.112. The molecule has 1 unspecified atom stereocenters. The van der Waals surface area contributed by atoms with Crippen LogP contribution in [0.15, 0.2) is 6.07 Å². The SMILES string of the molecule is Cc1cc(C)n(CC2CN(C(=O)[C@H]3NCCO[C@@H]3C)CCO2)n1. The molecule has 3 heterocycles. The summed E-state index contributed by atoms with van der Waals surface area (Å²) < 4.78 is 13.4. The number of amides is 1. The molecule has 1 aromatic heterocycles. The van der Waals surface area contributed by atoms with Gasteiger partial charge in [0.25, 0.3) is 0 Å². The number of nitrogens with one attached hydrogen (secondary N) is 1. The second kappa shape index (κ2) is 6.98. The number of nitrogens with zero attached hydrogens (tertiary/aromatic N) is 3. The van der Waals surface area contributed by atoms with Gasteiger partial charge in [-0.15, -0.1) is 0 Å². The topological polar surface area (TPSA) is 68.6 Å². The predicted octanol–water partition coefficient (Wildman–Crippen LogP) is 0.104. The molecule has 7 nitrogen and oxygen atoms in total. The molecule has 1 N–H and O–H groups in total. The van der Waals surface area contributed by atoms with Crippen molar-refractivity contribution in [3.05, 3.63) is 17.5 Å². The number of aryl methyl sites for hydroxylation is 2. The smallest absolute Gasteiger partial charge is 0.242 e. The van der Waals surface area contributed by atoms with E-state index in [-0.39, 0.29) is 24.2 Å². The van der Waals surface area contributed by atoms with Gasteiger partial charge in [0.1, 0.15) is 6.04 Å². The number of carbonyl (C=O) groups excluding carboxylic acids is 1. The van der Waals surface area contributed by atoms with E-state index in [9.17, 15) is 4.79 Å². The molecule has 0 aromatic carbocycles. The highest BCUT2D eigenvalue weighted by Crippen LogP contribution is 2.14. The summed E-state index contributed by atoms with van der Waals surface area (Å²) in [5.74, 6) is 0.110. The molecule has 0 saturated carbocycles. The third-order valence-corrected chi connectivity index (χ3v) is 4.51. The zero-order valence-corrected chi connectivity index (χ0v) is 14.1. The molecule has 0 radical (unpaired) electrons. The first-order valence-corrected chi connectivity index (χ1v) is 8.31. The fraction of sp³-hybridized carbons (Fsp3) is 0.750. The molecular formula is C16H26N4O3. The molecule has 23 heavy (non-hydrogen) atoms. The van der Waals surface area contributed by atoms with Gasteiger partial charge in [-0.3, -0.25) is 9.48 Å². The summed E-state index contributed by atoms with van der Waals surface area (Å²) >= 11 is 0. The third kappa shape index (κ3) is 3.73. The molecule has 1 aromatic rings.